The minimum atomic E-state index is -0.172. The van der Waals surface area contributed by atoms with Crippen molar-refractivity contribution in [1.82, 2.24) is 9.78 Å². The molecule has 86 valence electrons. The number of hydrogen-bond donors (Lipinski definition) is 1. The third-order valence-electron chi connectivity index (χ3n) is 2.47. The summed E-state index contributed by atoms with van der Waals surface area (Å²) in [5.41, 5.74) is 7.10. The lowest BCUT2D eigenvalue weighted by Crippen LogP contribution is -2.28. The van der Waals surface area contributed by atoms with Crippen LogP contribution in [0.2, 0.25) is 0 Å². The minimum Gasteiger partial charge on any atom is -0.380 e. The molecule has 1 heterocycles. The number of rotatable bonds is 4. The standard InChI is InChI=1S/C10H18BrN3O/c1-6(2)14-10(8(11)5-13-14)9(12)7(3)15-4/h5-7,9H,12H2,1-4H3. The zero-order valence-corrected chi connectivity index (χ0v) is 11.2. The van der Waals surface area contributed by atoms with E-state index in [9.17, 15) is 0 Å². The molecule has 2 N–H and O–H groups in total. The van der Waals surface area contributed by atoms with Gasteiger partial charge in [-0.15, -0.1) is 0 Å². The Hall–Kier alpha value is -0.390. The highest BCUT2D eigenvalue weighted by molar-refractivity contribution is 9.10. The number of halogens is 1. The molecule has 0 spiro atoms. The summed E-state index contributed by atoms with van der Waals surface area (Å²) in [6, 6.07) is 0.121. The van der Waals surface area contributed by atoms with Crippen molar-refractivity contribution in [3.05, 3.63) is 16.4 Å². The number of aromatic nitrogens is 2. The van der Waals surface area contributed by atoms with Crippen molar-refractivity contribution in [2.75, 3.05) is 7.11 Å². The topological polar surface area (TPSA) is 53.1 Å². The fourth-order valence-corrected chi connectivity index (χ4v) is 1.98. The lowest BCUT2D eigenvalue weighted by Gasteiger charge is -2.21. The first-order chi connectivity index (χ1) is 6.99. The molecule has 5 heteroatoms. The molecule has 1 aromatic heterocycles. The van der Waals surface area contributed by atoms with E-state index >= 15 is 0 Å². The average molecular weight is 276 g/mol. The number of nitrogens with two attached hydrogens (primary N) is 1. The molecule has 1 aromatic rings. The normalized spacial score (nSPS) is 15.7. The van der Waals surface area contributed by atoms with E-state index in [0.717, 1.165) is 10.2 Å². The molecule has 0 aliphatic rings. The third kappa shape index (κ3) is 2.59. The van der Waals surface area contributed by atoms with Gasteiger partial charge in [0.2, 0.25) is 0 Å². The molecule has 0 aromatic carbocycles. The summed E-state index contributed by atoms with van der Waals surface area (Å²) >= 11 is 3.46. The molecule has 2 atom stereocenters. The summed E-state index contributed by atoms with van der Waals surface area (Å²) in [5.74, 6) is 0. The summed E-state index contributed by atoms with van der Waals surface area (Å²) in [7, 11) is 1.66. The van der Waals surface area contributed by atoms with Gasteiger partial charge in [0.05, 0.1) is 28.5 Å². The highest BCUT2D eigenvalue weighted by atomic mass is 79.9. The zero-order valence-electron chi connectivity index (χ0n) is 9.57. The SMILES string of the molecule is COC(C)C(N)c1c(Br)cnn1C(C)C. The van der Waals surface area contributed by atoms with E-state index in [2.05, 4.69) is 34.9 Å². The van der Waals surface area contributed by atoms with Crippen molar-refractivity contribution < 1.29 is 4.74 Å². The maximum absolute atomic E-state index is 6.12. The summed E-state index contributed by atoms with van der Waals surface area (Å²) in [5, 5.41) is 4.29. The number of methoxy groups -OCH3 is 1. The quantitative estimate of drug-likeness (QED) is 0.917. The van der Waals surface area contributed by atoms with Crippen LogP contribution in [0.4, 0.5) is 0 Å². The second kappa shape index (κ2) is 5.09. The first-order valence-corrected chi connectivity index (χ1v) is 5.79. The van der Waals surface area contributed by atoms with Crippen molar-refractivity contribution >= 4 is 15.9 Å². The van der Waals surface area contributed by atoms with Crippen molar-refractivity contribution in [1.29, 1.82) is 0 Å². The van der Waals surface area contributed by atoms with Gasteiger partial charge in [0, 0.05) is 13.2 Å². The Morgan fingerprint density at radius 1 is 1.47 bits per heavy atom. The highest BCUT2D eigenvalue weighted by Gasteiger charge is 2.22. The number of nitrogens with zero attached hydrogens (tertiary/aromatic N) is 2. The van der Waals surface area contributed by atoms with Gasteiger partial charge in [-0.25, -0.2) is 0 Å². The van der Waals surface area contributed by atoms with Gasteiger partial charge >= 0.3 is 0 Å². The van der Waals surface area contributed by atoms with Gasteiger partial charge in [0.1, 0.15) is 0 Å². The van der Waals surface area contributed by atoms with E-state index in [-0.39, 0.29) is 12.1 Å². The first-order valence-electron chi connectivity index (χ1n) is 5.00. The van der Waals surface area contributed by atoms with Gasteiger partial charge in [-0.05, 0) is 36.7 Å². The lowest BCUT2D eigenvalue weighted by molar-refractivity contribution is 0.0923. The molecule has 1 rings (SSSR count). The average Bonchev–Trinajstić information content (AvgIpc) is 2.58. The van der Waals surface area contributed by atoms with Crippen LogP contribution < -0.4 is 5.73 Å². The molecule has 0 saturated heterocycles. The largest absolute Gasteiger partial charge is 0.380 e. The van der Waals surface area contributed by atoms with E-state index in [1.165, 1.54) is 0 Å². The van der Waals surface area contributed by atoms with Crippen molar-refractivity contribution in [3.8, 4) is 0 Å². The van der Waals surface area contributed by atoms with Gasteiger partial charge in [-0.2, -0.15) is 5.10 Å². The van der Waals surface area contributed by atoms with Gasteiger partial charge in [-0.3, -0.25) is 4.68 Å². The van der Waals surface area contributed by atoms with Gasteiger partial charge in [-0.1, -0.05) is 0 Å². The maximum Gasteiger partial charge on any atom is 0.0751 e. The Bertz CT molecular complexity index is 324. The van der Waals surface area contributed by atoms with E-state index in [1.807, 2.05) is 11.6 Å². The molecule has 0 radical (unpaired) electrons. The molecule has 0 amide bonds. The van der Waals surface area contributed by atoms with Crippen molar-refractivity contribution in [3.63, 3.8) is 0 Å². The van der Waals surface area contributed by atoms with Crippen LogP contribution in [-0.2, 0) is 4.74 Å². The van der Waals surface area contributed by atoms with Crippen LogP contribution in [0.3, 0.4) is 0 Å². The molecule has 4 nitrogen and oxygen atoms in total. The Balaban J connectivity index is 3.06. The lowest BCUT2D eigenvalue weighted by atomic mass is 10.1. The van der Waals surface area contributed by atoms with Crippen LogP contribution in [0.5, 0.6) is 0 Å². The molecule has 0 fully saturated rings. The van der Waals surface area contributed by atoms with Gasteiger partial charge in [0.15, 0.2) is 0 Å². The van der Waals surface area contributed by atoms with Crippen LogP contribution >= 0.6 is 15.9 Å². The number of hydrogen-bond acceptors (Lipinski definition) is 3. The Labute approximate surface area is 98.9 Å². The van der Waals surface area contributed by atoms with Crippen LogP contribution in [-0.4, -0.2) is 23.0 Å². The van der Waals surface area contributed by atoms with Crippen LogP contribution in [0.15, 0.2) is 10.7 Å². The Morgan fingerprint density at radius 3 is 2.53 bits per heavy atom. The summed E-state index contributed by atoms with van der Waals surface area (Å²) < 4.78 is 8.10. The molecular formula is C10H18BrN3O. The van der Waals surface area contributed by atoms with Gasteiger partial charge < -0.3 is 10.5 Å². The van der Waals surface area contributed by atoms with Crippen LogP contribution in [0, 0.1) is 0 Å². The molecule has 0 aliphatic carbocycles. The molecule has 0 aliphatic heterocycles. The molecule has 0 bridgehead atoms. The predicted octanol–water partition coefficient (Wildman–Crippen LogP) is 2.26. The second-order valence-corrected chi connectivity index (χ2v) is 4.74. The first kappa shape index (κ1) is 12.7. The predicted molar refractivity (Wildman–Crippen MR) is 63.7 cm³/mol. The third-order valence-corrected chi connectivity index (χ3v) is 3.08. The maximum atomic E-state index is 6.12. The van der Waals surface area contributed by atoms with Crippen molar-refractivity contribution in [2.45, 2.75) is 39.0 Å². The Morgan fingerprint density at radius 2 is 2.07 bits per heavy atom. The minimum absolute atomic E-state index is 0.0319. The van der Waals surface area contributed by atoms with E-state index in [0.29, 0.717) is 6.04 Å². The van der Waals surface area contributed by atoms with Crippen LogP contribution in [0.25, 0.3) is 0 Å². The number of ether oxygens (including phenoxy) is 1. The van der Waals surface area contributed by atoms with E-state index in [4.69, 9.17) is 10.5 Å². The molecular weight excluding hydrogens is 258 g/mol. The van der Waals surface area contributed by atoms with Crippen LogP contribution in [0.1, 0.15) is 38.5 Å². The Kier molecular flexibility index (Phi) is 4.31. The fraction of sp³-hybridized carbons (Fsp3) is 0.700. The molecule has 15 heavy (non-hydrogen) atoms. The van der Waals surface area contributed by atoms with E-state index < -0.39 is 0 Å². The monoisotopic (exact) mass is 275 g/mol. The van der Waals surface area contributed by atoms with E-state index in [1.54, 1.807) is 13.3 Å². The smallest absolute Gasteiger partial charge is 0.0751 e. The van der Waals surface area contributed by atoms with Crippen molar-refractivity contribution in [2.24, 2.45) is 5.73 Å². The second-order valence-electron chi connectivity index (χ2n) is 3.88. The van der Waals surface area contributed by atoms with Gasteiger partial charge in [0.25, 0.3) is 0 Å². The summed E-state index contributed by atoms with van der Waals surface area (Å²) in [6.07, 6.45) is 1.74. The fourth-order valence-electron chi connectivity index (χ4n) is 1.44. The summed E-state index contributed by atoms with van der Waals surface area (Å²) in [4.78, 5) is 0. The summed E-state index contributed by atoms with van der Waals surface area (Å²) in [6.45, 7) is 6.11. The highest BCUT2D eigenvalue weighted by Crippen LogP contribution is 2.27. The zero-order chi connectivity index (χ0) is 11.6. The molecule has 2 unspecified atom stereocenters. The molecule has 0 saturated carbocycles.